The maximum Gasteiger partial charge on any atom is 0.0320 e. The summed E-state index contributed by atoms with van der Waals surface area (Å²) in [4.78, 5) is 0. The van der Waals surface area contributed by atoms with Gasteiger partial charge in [0, 0.05) is 5.69 Å². The first-order valence-electron chi connectivity index (χ1n) is 4.09. The maximum absolute atomic E-state index is 5.66. The topological polar surface area (TPSA) is 26.0 Å². The summed E-state index contributed by atoms with van der Waals surface area (Å²) in [6.45, 7) is 7.37. The molecule has 0 heterocycles. The molecule has 0 aliphatic heterocycles. The largest absolute Gasteiger partial charge is 0.399 e. The SMILES string of the molecule is C=C/C=C(\C=C)c1cccc(N)c1. The molecule has 0 saturated carbocycles. The number of hydrogen-bond donors (Lipinski definition) is 1. The van der Waals surface area contributed by atoms with Crippen molar-refractivity contribution in [3.05, 3.63) is 61.2 Å². The number of anilines is 1. The van der Waals surface area contributed by atoms with E-state index in [0.717, 1.165) is 16.8 Å². The highest BCUT2D eigenvalue weighted by Gasteiger charge is 1.95. The molecule has 0 bridgehead atoms. The van der Waals surface area contributed by atoms with E-state index in [0.29, 0.717) is 0 Å². The Balaban J connectivity index is 3.12. The van der Waals surface area contributed by atoms with Crippen molar-refractivity contribution in [3.63, 3.8) is 0 Å². The van der Waals surface area contributed by atoms with Gasteiger partial charge in [-0.3, -0.25) is 0 Å². The Hall–Kier alpha value is -1.76. The number of allylic oxidation sites excluding steroid dienone is 4. The van der Waals surface area contributed by atoms with Gasteiger partial charge >= 0.3 is 0 Å². The molecule has 1 rings (SSSR count). The normalized spacial score (nSPS) is 10.9. The van der Waals surface area contributed by atoms with Gasteiger partial charge in [0.15, 0.2) is 0 Å². The summed E-state index contributed by atoms with van der Waals surface area (Å²) in [6.07, 6.45) is 5.43. The van der Waals surface area contributed by atoms with Crippen LogP contribution in [-0.4, -0.2) is 0 Å². The fourth-order valence-electron chi connectivity index (χ4n) is 1.13. The Morgan fingerprint density at radius 2 is 2.08 bits per heavy atom. The molecule has 0 aliphatic carbocycles. The predicted octanol–water partition coefficient (Wildman–Crippen LogP) is 3.02. The molecular formula is C12H13N. The van der Waals surface area contributed by atoms with E-state index in [-0.39, 0.29) is 0 Å². The summed E-state index contributed by atoms with van der Waals surface area (Å²) in [6, 6.07) is 7.69. The third kappa shape index (κ3) is 2.34. The van der Waals surface area contributed by atoms with Gasteiger partial charge in [-0.15, -0.1) is 0 Å². The molecule has 0 amide bonds. The van der Waals surface area contributed by atoms with Crippen LogP contribution in [0.15, 0.2) is 55.7 Å². The number of nitrogens with two attached hydrogens (primary N) is 1. The average molecular weight is 171 g/mol. The van der Waals surface area contributed by atoms with Gasteiger partial charge in [0.1, 0.15) is 0 Å². The second kappa shape index (κ2) is 4.31. The minimum atomic E-state index is 0.759. The van der Waals surface area contributed by atoms with Crippen molar-refractivity contribution in [1.82, 2.24) is 0 Å². The van der Waals surface area contributed by atoms with Crippen LogP contribution in [0.2, 0.25) is 0 Å². The maximum atomic E-state index is 5.66. The lowest BCUT2D eigenvalue weighted by molar-refractivity contribution is 1.61. The van der Waals surface area contributed by atoms with Crippen LogP contribution in [0.3, 0.4) is 0 Å². The standard InChI is InChI=1S/C12H13N/c1-3-6-10(4-2)11-7-5-8-12(13)9-11/h3-9H,1-2,13H2/b10-6+. The van der Waals surface area contributed by atoms with Crippen LogP contribution in [-0.2, 0) is 0 Å². The van der Waals surface area contributed by atoms with Crippen molar-refractivity contribution < 1.29 is 0 Å². The summed E-state index contributed by atoms with van der Waals surface area (Å²) in [7, 11) is 0. The number of nitrogen functional groups attached to an aromatic ring is 1. The van der Waals surface area contributed by atoms with Crippen molar-refractivity contribution in [2.24, 2.45) is 0 Å². The first-order valence-corrected chi connectivity index (χ1v) is 4.09. The molecule has 0 unspecified atom stereocenters. The lowest BCUT2D eigenvalue weighted by Gasteiger charge is -2.01. The van der Waals surface area contributed by atoms with Gasteiger partial charge in [-0.05, 0) is 23.3 Å². The molecule has 0 fully saturated rings. The lowest BCUT2D eigenvalue weighted by Crippen LogP contribution is -1.86. The van der Waals surface area contributed by atoms with Gasteiger partial charge in [-0.1, -0.05) is 43.5 Å². The van der Waals surface area contributed by atoms with Crippen molar-refractivity contribution in [2.45, 2.75) is 0 Å². The van der Waals surface area contributed by atoms with Gasteiger partial charge in [-0.2, -0.15) is 0 Å². The zero-order chi connectivity index (χ0) is 9.68. The van der Waals surface area contributed by atoms with Crippen LogP contribution in [0.1, 0.15) is 5.56 Å². The first-order chi connectivity index (χ1) is 6.27. The van der Waals surface area contributed by atoms with Gasteiger partial charge < -0.3 is 5.73 Å². The highest BCUT2D eigenvalue weighted by Crippen LogP contribution is 2.17. The van der Waals surface area contributed by atoms with Gasteiger partial charge in [0.2, 0.25) is 0 Å². The van der Waals surface area contributed by atoms with E-state index >= 15 is 0 Å². The molecule has 0 aromatic heterocycles. The highest BCUT2D eigenvalue weighted by atomic mass is 14.5. The molecule has 0 atom stereocenters. The van der Waals surface area contributed by atoms with Crippen LogP contribution < -0.4 is 5.73 Å². The second-order valence-electron chi connectivity index (χ2n) is 2.69. The number of benzene rings is 1. The molecule has 2 N–H and O–H groups in total. The van der Waals surface area contributed by atoms with Crippen LogP contribution in [0.5, 0.6) is 0 Å². The van der Waals surface area contributed by atoms with Crippen molar-refractivity contribution in [3.8, 4) is 0 Å². The monoisotopic (exact) mass is 171 g/mol. The van der Waals surface area contributed by atoms with Gasteiger partial charge in [0.25, 0.3) is 0 Å². The molecular weight excluding hydrogens is 158 g/mol. The lowest BCUT2D eigenvalue weighted by atomic mass is 10.1. The van der Waals surface area contributed by atoms with E-state index in [9.17, 15) is 0 Å². The van der Waals surface area contributed by atoms with Crippen LogP contribution in [0.25, 0.3) is 5.57 Å². The molecule has 1 aromatic carbocycles. The van der Waals surface area contributed by atoms with Gasteiger partial charge in [-0.25, -0.2) is 0 Å². The van der Waals surface area contributed by atoms with E-state index in [1.807, 2.05) is 30.3 Å². The molecule has 0 radical (unpaired) electrons. The first kappa shape index (κ1) is 9.33. The molecule has 1 nitrogen and oxygen atoms in total. The Morgan fingerprint density at radius 3 is 2.62 bits per heavy atom. The Kier molecular flexibility index (Phi) is 3.09. The Morgan fingerprint density at radius 1 is 1.31 bits per heavy atom. The van der Waals surface area contributed by atoms with E-state index in [4.69, 9.17) is 5.73 Å². The van der Waals surface area contributed by atoms with Crippen LogP contribution in [0.4, 0.5) is 5.69 Å². The second-order valence-corrected chi connectivity index (χ2v) is 2.69. The summed E-state index contributed by atoms with van der Waals surface area (Å²) in [5, 5.41) is 0. The summed E-state index contributed by atoms with van der Waals surface area (Å²) >= 11 is 0. The van der Waals surface area contributed by atoms with Crippen molar-refractivity contribution in [2.75, 3.05) is 5.73 Å². The van der Waals surface area contributed by atoms with Gasteiger partial charge in [0.05, 0.1) is 0 Å². The van der Waals surface area contributed by atoms with E-state index in [2.05, 4.69) is 13.2 Å². The van der Waals surface area contributed by atoms with E-state index in [1.54, 1.807) is 12.2 Å². The van der Waals surface area contributed by atoms with Crippen molar-refractivity contribution in [1.29, 1.82) is 0 Å². The van der Waals surface area contributed by atoms with Crippen molar-refractivity contribution >= 4 is 11.3 Å². The third-order valence-corrected chi connectivity index (χ3v) is 1.74. The van der Waals surface area contributed by atoms with E-state index < -0.39 is 0 Å². The fourth-order valence-corrected chi connectivity index (χ4v) is 1.13. The number of hydrogen-bond acceptors (Lipinski definition) is 1. The van der Waals surface area contributed by atoms with Crippen LogP contribution in [0, 0.1) is 0 Å². The molecule has 0 saturated heterocycles. The predicted molar refractivity (Wildman–Crippen MR) is 59.2 cm³/mol. The zero-order valence-corrected chi connectivity index (χ0v) is 7.53. The highest BCUT2D eigenvalue weighted by molar-refractivity contribution is 5.76. The molecule has 1 heteroatoms. The Labute approximate surface area is 78.9 Å². The molecule has 66 valence electrons. The molecule has 13 heavy (non-hydrogen) atoms. The van der Waals surface area contributed by atoms with Crippen LogP contribution >= 0.6 is 0 Å². The summed E-state index contributed by atoms with van der Waals surface area (Å²) in [5.41, 5.74) is 8.51. The molecule has 1 aromatic rings. The smallest absolute Gasteiger partial charge is 0.0320 e. The fraction of sp³-hybridized carbons (Fsp3) is 0. The average Bonchev–Trinajstić information content (AvgIpc) is 2.14. The minimum Gasteiger partial charge on any atom is -0.399 e. The Bertz CT molecular complexity index is 348. The molecule has 0 spiro atoms. The zero-order valence-electron chi connectivity index (χ0n) is 7.53. The third-order valence-electron chi connectivity index (χ3n) is 1.74. The van der Waals surface area contributed by atoms with E-state index in [1.165, 1.54) is 0 Å². The number of rotatable bonds is 3. The summed E-state index contributed by atoms with van der Waals surface area (Å²) < 4.78 is 0. The summed E-state index contributed by atoms with van der Waals surface area (Å²) in [5.74, 6) is 0. The quantitative estimate of drug-likeness (QED) is 0.549. The minimum absolute atomic E-state index is 0.759. The molecule has 0 aliphatic rings.